The lowest BCUT2D eigenvalue weighted by Gasteiger charge is -2.44. The van der Waals surface area contributed by atoms with Crippen LogP contribution in [0.15, 0.2) is 48.7 Å². The number of halogens is 1. The second kappa shape index (κ2) is 8.39. The third-order valence-electron chi connectivity index (χ3n) is 5.67. The van der Waals surface area contributed by atoms with E-state index >= 15 is 0 Å². The molecule has 150 valence electrons. The number of ether oxygens (including phenoxy) is 1. The molecule has 6 heteroatoms. The van der Waals surface area contributed by atoms with Crippen LogP contribution < -0.4 is 10.1 Å². The molecular weight excluding hydrogens is 388 g/mol. The van der Waals surface area contributed by atoms with Crippen molar-refractivity contribution in [2.45, 2.75) is 31.4 Å². The van der Waals surface area contributed by atoms with Gasteiger partial charge in [0.15, 0.2) is 5.78 Å². The second-order valence-electron chi connectivity index (χ2n) is 7.63. The lowest BCUT2D eigenvalue weighted by Crippen LogP contribution is -2.50. The van der Waals surface area contributed by atoms with Gasteiger partial charge in [-0.2, -0.15) is 0 Å². The smallest absolute Gasteiger partial charge is 0.211 e. The Morgan fingerprint density at radius 1 is 1.17 bits per heavy atom. The van der Waals surface area contributed by atoms with Gasteiger partial charge in [-0.3, -0.25) is 14.5 Å². The first-order chi connectivity index (χ1) is 14.1. The van der Waals surface area contributed by atoms with Crippen LogP contribution in [0.4, 0.5) is 0 Å². The van der Waals surface area contributed by atoms with E-state index in [1.807, 2.05) is 36.4 Å². The monoisotopic (exact) mass is 410 g/mol. The summed E-state index contributed by atoms with van der Waals surface area (Å²) in [6.07, 6.45) is 5.92. The number of ketones is 1. The van der Waals surface area contributed by atoms with Crippen molar-refractivity contribution in [2.75, 3.05) is 13.1 Å². The molecule has 5 nitrogen and oxygen atoms in total. The highest BCUT2D eigenvalue weighted by Gasteiger charge is 2.42. The van der Waals surface area contributed by atoms with Gasteiger partial charge in [0.25, 0.3) is 0 Å². The van der Waals surface area contributed by atoms with Gasteiger partial charge in [-0.1, -0.05) is 35.9 Å². The first-order valence-corrected chi connectivity index (χ1v) is 10.1. The molecule has 1 spiro atoms. The number of nitrogens with zero attached hydrogens (tertiary/aromatic N) is 1. The van der Waals surface area contributed by atoms with Crippen LogP contribution in [-0.2, 0) is 11.3 Å². The number of nitrogens with one attached hydrogen (secondary N) is 1. The molecule has 4 rings (SSSR count). The van der Waals surface area contributed by atoms with E-state index in [1.54, 1.807) is 12.3 Å². The molecular formula is C23H23ClN2O3. The van der Waals surface area contributed by atoms with Crippen molar-refractivity contribution in [3.05, 3.63) is 70.4 Å². The number of amides is 1. The number of hydrogen-bond acceptors (Lipinski definition) is 4. The molecule has 1 saturated heterocycles. The molecule has 29 heavy (non-hydrogen) atoms. The molecule has 1 amide bonds. The van der Waals surface area contributed by atoms with E-state index in [2.05, 4.69) is 16.3 Å². The third kappa shape index (κ3) is 4.36. The largest absolute Gasteiger partial charge is 0.486 e. The average Bonchev–Trinajstić information content (AvgIpc) is 2.72. The maximum absolute atomic E-state index is 12.9. The van der Waals surface area contributed by atoms with Crippen molar-refractivity contribution in [3.8, 4) is 5.75 Å². The van der Waals surface area contributed by atoms with E-state index in [1.165, 1.54) is 0 Å². The van der Waals surface area contributed by atoms with Gasteiger partial charge in [-0.25, -0.2) is 0 Å². The molecule has 2 aromatic carbocycles. The van der Waals surface area contributed by atoms with Crippen LogP contribution in [0.2, 0.25) is 5.02 Å². The molecule has 0 aromatic heterocycles. The summed E-state index contributed by atoms with van der Waals surface area (Å²) in [6, 6.07) is 13.5. The Labute approximate surface area is 175 Å². The van der Waals surface area contributed by atoms with Gasteiger partial charge in [0.2, 0.25) is 6.41 Å². The van der Waals surface area contributed by atoms with Crippen LogP contribution in [0.5, 0.6) is 5.75 Å². The number of rotatable bonds is 5. The fraction of sp³-hybridized carbons (Fsp3) is 0.304. The van der Waals surface area contributed by atoms with Crippen LogP contribution in [-0.4, -0.2) is 35.8 Å². The van der Waals surface area contributed by atoms with Crippen LogP contribution in [0.3, 0.4) is 0 Å². The lowest BCUT2D eigenvalue weighted by atomic mass is 9.82. The van der Waals surface area contributed by atoms with Gasteiger partial charge in [0, 0.05) is 43.7 Å². The summed E-state index contributed by atoms with van der Waals surface area (Å²) in [5, 5.41) is 3.26. The average molecular weight is 411 g/mol. The number of carbonyl (C=O) groups excluding carboxylic acids is 2. The molecule has 2 aliphatic heterocycles. The zero-order chi connectivity index (χ0) is 20.3. The van der Waals surface area contributed by atoms with Gasteiger partial charge in [-0.15, -0.1) is 0 Å². The van der Waals surface area contributed by atoms with Crippen molar-refractivity contribution in [2.24, 2.45) is 0 Å². The number of likely N-dealkylation sites (tertiary alicyclic amines) is 1. The molecule has 2 heterocycles. The molecule has 2 aliphatic rings. The fourth-order valence-corrected chi connectivity index (χ4v) is 4.26. The molecule has 0 bridgehead atoms. The van der Waals surface area contributed by atoms with Crippen LogP contribution in [0, 0.1) is 0 Å². The summed E-state index contributed by atoms with van der Waals surface area (Å²) in [5.74, 6) is 0.769. The predicted octanol–water partition coefficient (Wildman–Crippen LogP) is 4.06. The van der Waals surface area contributed by atoms with Gasteiger partial charge in [-0.05, 0) is 35.4 Å². The zero-order valence-corrected chi connectivity index (χ0v) is 16.8. The van der Waals surface area contributed by atoms with Gasteiger partial charge >= 0.3 is 0 Å². The van der Waals surface area contributed by atoms with E-state index in [-0.39, 0.29) is 5.78 Å². The number of hydrogen-bond donors (Lipinski definition) is 1. The van der Waals surface area contributed by atoms with Crippen molar-refractivity contribution < 1.29 is 14.3 Å². The quantitative estimate of drug-likeness (QED) is 0.755. The maximum atomic E-state index is 12.9. The highest BCUT2D eigenvalue weighted by atomic mass is 35.5. The van der Waals surface area contributed by atoms with Crippen LogP contribution >= 0.6 is 11.6 Å². The van der Waals surface area contributed by atoms with E-state index in [9.17, 15) is 9.59 Å². The number of fused-ring (bicyclic) bond motifs is 1. The van der Waals surface area contributed by atoms with E-state index in [0.717, 1.165) is 48.6 Å². The Kier molecular flexibility index (Phi) is 5.69. The number of carbonyl (C=O) groups is 2. The minimum atomic E-state index is -0.419. The molecule has 1 N–H and O–H groups in total. The Hall–Kier alpha value is -2.63. The summed E-state index contributed by atoms with van der Waals surface area (Å²) in [4.78, 5) is 25.6. The summed E-state index contributed by atoms with van der Waals surface area (Å²) in [6.45, 7) is 2.54. The normalized spacial score (nSPS) is 18.4. The van der Waals surface area contributed by atoms with Gasteiger partial charge < -0.3 is 10.1 Å². The first-order valence-electron chi connectivity index (χ1n) is 9.77. The van der Waals surface area contributed by atoms with Crippen molar-refractivity contribution in [1.82, 2.24) is 10.2 Å². The van der Waals surface area contributed by atoms with Crippen molar-refractivity contribution in [1.29, 1.82) is 0 Å². The number of Topliss-reactive ketones (excluding diaryl/α,β-unsaturated/α-hetero) is 1. The standard InChI is InChI=1S/C23H23ClN2O3/c24-20-4-2-1-3-18(20)15-26-11-8-23(9-12-26)14-21(28)19-13-17(7-10-25-16-27)5-6-22(19)29-23/h1-7,10,13,16H,8-9,11-12,14-15H2,(H,25,27)/b10-7+. The molecule has 0 aliphatic carbocycles. The minimum Gasteiger partial charge on any atom is -0.486 e. The molecule has 0 atom stereocenters. The first kappa shape index (κ1) is 19.7. The fourth-order valence-electron chi connectivity index (χ4n) is 4.06. The minimum absolute atomic E-state index is 0.115. The number of piperidine rings is 1. The Morgan fingerprint density at radius 2 is 1.97 bits per heavy atom. The Bertz CT molecular complexity index is 949. The maximum Gasteiger partial charge on any atom is 0.211 e. The van der Waals surface area contributed by atoms with Crippen molar-refractivity contribution >= 4 is 29.9 Å². The SMILES string of the molecule is O=CN/C=C/c1ccc2c(c1)C(=O)CC1(CCN(Cc3ccccc3Cl)CC1)O2. The highest BCUT2D eigenvalue weighted by Crippen LogP contribution is 2.40. The number of benzene rings is 2. The summed E-state index contributed by atoms with van der Waals surface area (Å²) < 4.78 is 6.36. The van der Waals surface area contributed by atoms with Crippen LogP contribution in [0.1, 0.15) is 40.7 Å². The molecule has 0 unspecified atom stereocenters. The van der Waals surface area contributed by atoms with Crippen molar-refractivity contribution in [3.63, 3.8) is 0 Å². The summed E-state index contributed by atoms with van der Waals surface area (Å²) in [7, 11) is 0. The molecule has 1 fully saturated rings. The lowest BCUT2D eigenvalue weighted by molar-refractivity contribution is -0.108. The summed E-state index contributed by atoms with van der Waals surface area (Å²) in [5.41, 5.74) is 2.17. The Morgan fingerprint density at radius 3 is 2.72 bits per heavy atom. The van der Waals surface area contributed by atoms with E-state index in [4.69, 9.17) is 16.3 Å². The Balaban J connectivity index is 1.43. The topological polar surface area (TPSA) is 58.6 Å². The zero-order valence-electron chi connectivity index (χ0n) is 16.1. The van der Waals surface area contributed by atoms with Gasteiger partial charge in [0.1, 0.15) is 11.4 Å². The van der Waals surface area contributed by atoms with E-state index in [0.29, 0.717) is 24.1 Å². The molecule has 2 aromatic rings. The predicted molar refractivity (Wildman–Crippen MR) is 113 cm³/mol. The van der Waals surface area contributed by atoms with Crippen LogP contribution in [0.25, 0.3) is 6.08 Å². The van der Waals surface area contributed by atoms with E-state index < -0.39 is 5.60 Å². The molecule has 0 radical (unpaired) electrons. The molecule has 0 saturated carbocycles. The second-order valence-corrected chi connectivity index (χ2v) is 8.03. The third-order valence-corrected chi connectivity index (χ3v) is 6.04. The summed E-state index contributed by atoms with van der Waals surface area (Å²) >= 11 is 6.29. The highest BCUT2D eigenvalue weighted by molar-refractivity contribution is 6.31. The van der Waals surface area contributed by atoms with Gasteiger partial charge in [0.05, 0.1) is 12.0 Å².